The lowest BCUT2D eigenvalue weighted by Gasteiger charge is -2.16. The summed E-state index contributed by atoms with van der Waals surface area (Å²) in [4.78, 5) is 26.7. The van der Waals surface area contributed by atoms with Crippen LogP contribution in [0.4, 0.5) is 5.00 Å². The van der Waals surface area contributed by atoms with E-state index in [-0.39, 0.29) is 11.8 Å². The van der Waals surface area contributed by atoms with E-state index in [1.165, 1.54) is 11.3 Å². The number of aliphatic hydroxyl groups is 1. The summed E-state index contributed by atoms with van der Waals surface area (Å²) in [5.74, 6) is -0.135. The van der Waals surface area contributed by atoms with E-state index in [0.29, 0.717) is 29.4 Å². The molecule has 1 aliphatic rings. The number of anilines is 1. The number of carbonyl (C=O) groups excluding carboxylic acids is 2. The summed E-state index contributed by atoms with van der Waals surface area (Å²) in [5, 5.41) is 13.1. The highest BCUT2D eigenvalue weighted by Crippen LogP contribution is 2.30. The third-order valence-corrected chi connectivity index (χ3v) is 4.62. The van der Waals surface area contributed by atoms with E-state index in [0.717, 1.165) is 5.56 Å². The summed E-state index contributed by atoms with van der Waals surface area (Å²) in [5.41, 5.74) is 0.386. The molecule has 2 heterocycles. The molecule has 5 nitrogen and oxygen atoms in total. The second-order valence-electron chi connectivity index (χ2n) is 6.52. The van der Waals surface area contributed by atoms with E-state index < -0.39 is 11.5 Å². The maximum Gasteiger partial charge on any atom is 0.264 e. The first-order valence-electron chi connectivity index (χ1n) is 7.07. The Kier molecular flexibility index (Phi) is 4.39. The molecule has 0 spiro atoms. The van der Waals surface area contributed by atoms with E-state index in [9.17, 15) is 14.7 Å². The maximum atomic E-state index is 12.4. The minimum Gasteiger partial charge on any atom is -0.391 e. The molecule has 116 valence electrons. The topological polar surface area (TPSA) is 69.6 Å². The zero-order chi connectivity index (χ0) is 15.8. The Morgan fingerprint density at radius 1 is 1.43 bits per heavy atom. The van der Waals surface area contributed by atoms with E-state index in [4.69, 9.17) is 0 Å². The number of β-amino-alcohol motifs (C(OH)–C–C–N with tert-alkyl or cyclic N) is 1. The van der Waals surface area contributed by atoms with Crippen LogP contribution in [0, 0.1) is 12.3 Å². The second-order valence-corrected chi connectivity index (χ2v) is 7.57. The zero-order valence-corrected chi connectivity index (χ0v) is 13.7. The lowest BCUT2D eigenvalue weighted by atomic mass is 9.96. The van der Waals surface area contributed by atoms with Crippen LogP contribution in [0.25, 0.3) is 0 Å². The van der Waals surface area contributed by atoms with Crippen LogP contribution in [0.2, 0.25) is 0 Å². The first-order chi connectivity index (χ1) is 9.68. The van der Waals surface area contributed by atoms with Crippen molar-refractivity contribution in [2.24, 2.45) is 5.41 Å². The third-order valence-electron chi connectivity index (χ3n) is 3.48. The molecular weight excluding hydrogens is 288 g/mol. The van der Waals surface area contributed by atoms with Crippen LogP contribution in [0.5, 0.6) is 0 Å². The highest BCUT2D eigenvalue weighted by Gasteiger charge is 2.28. The summed E-state index contributed by atoms with van der Waals surface area (Å²) >= 11 is 1.30. The van der Waals surface area contributed by atoms with E-state index in [1.54, 1.807) is 4.90 Å². The first kappa shape index (κ1) is 16.0. The van der Waals surface area contributed by atoms with Gasteiger partial charge in [0.2, 0.25) is 5.91 Å². The monoisotopic (exact) mass is 310 g/mol. The third kappa shape index (κ3) is 3.63. The molecule has 0 unspecified atom stereocenters. The minimum absolute atomic E-state index is 0.0645. The molecule has 1 aliphatic heterocycles. The molecule has 1 aromatic rings. The molecule has 2 rings (SSSR count). The molecule has 0 saturated carbocycles. The van der Waals surface area contributed by atoms with Gasteiger partial charge in [0.1, 0.15) is 0 Å². The number of nitrogens with one attached hydrogen (secondary N) is 1. The van der Waals surface area contributed by atoms with Crippen molar-refractivity contribution in [3.05, 3.63) is 16.5 Å². The van der Waals surface area contributed by atoms with Crippen molar-refractivity contribution < 1.29 is 14.7 Å². The van der Waals surface area contributed by atoms with Gasteiger partial charge in [0.15, 0.2) is 0 Å². The fourth-order valence-electron chi connectivity index (χ4n) is 2.13. The molecule has 21 heavy (non-hydrogen) atoms. The first-order valence-corrected chi connectivity index (χ1v) is 7.89. The van der Waals surface area contributed by atoms with Gasteiger partial charge in [0.05, 0.1) is 16.0 Å². The molecule has 1 saturated heterocycles. The lowest BCUT2D eigenvalue weighted by molar-refractivity contribution is -0.123. The SMILES string of the molecule is Cc1cc(NC(=O)C(C)(C)C)sc1C(=O)N1CC[C@@H](O)C1. The van der Waals surface area contributed by atoms with Gasteiger partial charge in [-0.15, -0.1) is 11.3 Å². The molecule has 2 N–H and O–H groups in total. The normalized spacial score (nSPS) is 18.9. The number of aliphatic hydroxyl groups excluding tert-OH is 1. The Hall–Kier alpha value is -1.40. The van der Waals surface area contributed by atoms with Crippen molar-refractivity contribution in [1.29, 1.82) is 0 Å². The van der Waals surface area contributed by atoms with Gasteiger partial charge in [0.25, 0.3) is 5.91 Å². The Labute approximate surface area is 129 Å². The average Bonchev–Trinajstić information content (AvgIpc) is 2.94. The van der Waals surface area contributed by atoms with Crippen LogP contribution in [0.1, 0.15) is 42.4 Å². The lowest BCUT2D eigenvalue weighted by Crippen LogP contribution is -2.29. The van der Waals surface area contributed by atoms with E-state index in [1.807, 2.05) is 33.8 Å². The zero-order valence-electron chi connectivity index (χ0n) is 12.9. The molecule has 1 atom stereocenters. The summed E-state index contributed by atoms with van der Waals surface area (Å²) < 4.78 is 0. The molecule has 0 aliphatic carbocycles. The number of likely N-dealkylation sites (tertiary alicyclic amines) is 1. The summed E-state index contributed by atoms with van der Waals surface area (Å²) in [6.07, 6.45) is 0.207. The second kappa shape index (κ2) is 5.77. The fourth-order valence-corrected chi connectivity index (χ4v) is 3.16. The molecule has 0 radical (unpaired) electrons. The van der Waals surface area contributed by atoms with E-state index >= 15 is 0 Å². The number of aryl methyl sites for hydroxylation is 1. The Balaban J connectivity index is 2.12. The quantitative estimate of drug-likeness (QED) is 0.880. The van der Waals surface area contributed by atoms with Crippen molar-refractivity contribution in [1.82, 2.24) is 4.90 Å². The highest BCUT2D eigenvalue weighted by molar-refractivity contribution is 7.18. The molecule has 0 aromatic carbocycles. The van der Waals surface area contributed by atoms with Gasteiger partial charge >= 0.3 is 0 Å². The van der Waals surface area contributed by atoms with Crippen molar-refractivity contribution in [2.75, 3.05) is 18.4 Å². The largest absolute Gasteiger partial charge is 0.391 e. The summed E-state index contributed by atoms with van der Waals surface area (Å²) in [6, 6.07) is 1.83. The number of rotatable bonds is 2. The predicted molar refractivity (Wildman–Crippen MR) is 83.7 cm³/mol. The molecule has 2 amide bonds. The van der Waals surface area contributed by atoms with Crippen molar-refractivity contribution in [3.63, 3.8) is 0 Å². The van der Waals surface area contributed by atoms with Crippen LogP contribution < -0.4 is 5.32 Å². The van der Waals surface area contributed by atoms with E-state index in [2.05, 4.69) is 5.32 Å². The predicted octanol–water partition coefficient (Wildman–Crippen LogP) is 2.25. The fraction of sp³-hybridized carbons (Fsp3) is 0.600. The summed E-state index contributed by atoms with van der Waals surface area (Å²) in [7, 11) is 0. The molecule has 1 fully saturated rings. The number of carbonyl (C=O) groups is 2. The average molecular weight is 310 g/mol. The van der Waals surface area contributed by atoms with Crippen LogP contribution in [-0.2, 0) is 4.79 Å². The molecule has 1 aromatic heterocycles. The number of hydrogen-bond donors (Lipinski definition) is 2. The molecule has 6 heteroatoms. The highest BCUT2D eigenvalue weighted by atomic mass is 32.1. The van der Waals surface area contributed by atoms with Gasteiger partial charge in [-0.1, -0.05) is 20.8 Å². The Morgan fingerprint density at radius 2 is 2.10 bits per heavy atom. The summed E-state index contributed by atoms with van der Waals surface area (Å²) in [6.45, 7) is 8.38. The van der Waals surface area contributed by atoms with Gasteiger partial charge in [-0.25, -0.2) is 0 Å². The van der Waals surface area contributed by atoms with Crippen molar-refractivity contribution >= 4 is 28.2 Å². The smallest absolute Gasteiger partial charge is 0.264 e. The van der Waals surface area contributed by atoms with Crippen LogP contribution in [0.3, 0.4) is 0 Å². The number of thiophene rings is 1. The van der Waals surface area contributed by atoms with Crippen molar-refractivity contribution in [3.8, 4) is 0 Å². The van der Waals surface area contributed by atoms with Gasteiger partial charge < -0.3 is 15.3 Å². The minimum atomic E-state index is -0.471. The Morgan fingerprint density at radius 3 is 2.62 bits per heavy atom. The number of hydrogen-bond acceptors (Lipinski definition) is 4. The number of amides is 2. The standard InChI is InChI=1S/C15H22N2O3S/c1-9-7-11(16-14(20)15(2,3)4)21-12(9)13(19)17-6-5-10(18)8-17/h7,10,18H,5-6,8H2,1-4H3,(H,16,20)/t10-/m1/s1. The van der Waals surface area contributed by atoms with Crippen molar-refractivity contribution in [2.45, 2.75) is 40.2 Å². The van der Waals surface area contributed by atoms with Crippen LogP contribution in [-0.4, -0.2) is 41.0 Å². The van der Waals surface area contributed by atoms with Crippen LogP contribution in [0.15, 0.2) is 6.07 Å². The van der Waals surface area contributed by atoms with Gasteiger partial charge in [-0.2, -0.15) is 0 Å². The molecule has 0 bridgehead atoms. The molecular formula is C15H22N2O3S. The van der Waals surface area contributed by atoms with Gasteiger partial charge in [-0.05, 0) is 25.0 Å². The van der Waals surface area contributed by atoms with Crippen LogP contribution >= 0.6 is 11.3 Å². The van der Waals surface area contributed by atoms with Gasteiger partial charge in [0, 0.05) is 18.5 Å². The number of nitrogens with zero attached hydrogens (tertiary/aromatic N) is 1. The Bertz CT molecular complexity index is 560. The van der Waals surface area contributed by atoms with Gasteiger partial charge in [-0.3, -0.25) is 9.59 Å². The maximum absolute atomic E-state index is 12.4.